The molecule has 0 saturated carbocycles. The first kappa shape index (κ1) is 16.8. The number of amides is 1. The first-order valence-electron chi connectivity index (χ1n) is 9.43. The summed E-state index contributed by atoms with van der Waals surface area (Å²) < 4.78 is 5.43. The molecule has 0 radical (unpaired) electrons. The van der Waals surface area contributed by atoms with Gasteiger partial charge in [0.25, 0.3) is 5.91 Å². The van der Waals surface area contributed by atoms with Gasteiger partial charge in [0, 0.05) is 47.8 Å². The molecule has 2 aliphatic rings. The van der Waals surface area contributed by atoms with Crippen molar-refractivity contribution in [3.05, 3.63) is 46.6 Å². The van der Waals surface area contributed by atoms with Crippen LogP contribution in [-0.2, 0) is 17.7 Å². The van der Waals surface area contributed by atoms with E-state index in [0.29, 0.717) is 24.7 Å². The molecule has 140 valence electrons. The van der Waals surface area contributed by atoms with Crippen LogP contribution in [0, 0.1) is 5.92 Å². The van der Waals surface area contributed by atoms with E-state index in [-0.39, 0.29) is 5.91 Å². The third-order valence-electron chi connectivity index (χ3n) is 5.34. The molecule has 1 unspecified atom stereocenters. The van der Waals surface area contributed by atoms with Crippen molar-refractivity contribution in [1.82, 2.24) is 14.9 Å². The quantitative estimate of drug-likeness (QED) is 0.727. The molecule has 27 heavy (non-hydrogen) atoms. The van der Waals surface area contributed by atoms with Gasteiger partial charge in [-0.05, 0) is 18.6 Å². The third-order valence-corrected chi connectivity index (χ3v) is 6.38. The average Bonchev–Trinajstić information content (AvgIpc) is 3.43. The predicted molar refractivity (Wildman–Crippen MR) is 106 cm³/mol. The molecular formula is C20H22N4O2S. The number of hydrogen-bond donors (Lipinski definition) is 2. The summed E-state index contributed by atoms with van der Waals surface area (Å²) in [6, 6.07) is 9.92. The Morgan fingerprint density at radius 3 is 3.19 bits per heavy atom. The van der Waals surface area contributed by atoms with Crippen LogP contribution < -0.4 is 5.32 Å². The van der Waals surface area contributed by atoms with E-state index in [0.717, 1.165) is 54.3 Å². The molecule has 1 atom stereocenters. The number of H-pyrrole nitrogens is 1. The van der Waals surface area contributed by atoms with Crippen LogP contribution >= 0.6 is 11.3 Å². The van der Waals surface area contributed by atoms with Gasteiger partial charge in [-0.3, -0.25) is 4.79 Å². The molecule has 3 aromatic rings. The number of carbonyl (C=O) groups is 1. The molecule has 6 nitrogen and oxygen atoms in total. The maximum absolute atomic E-state index is 12.9. The SMILES string of the molecule is O=C(c1cc2ccccc2[nH]1)N1CCc2nc(NCC3CCOC3)sc2C1. The molecule has 2 N–H and O–H groups in total. The van der Waals surface area contributed by atoms with Crippen molar-refractivity contribution in [2.45, 2.75) is 19.4 Å². The Balaban J connectivity index is 1.28. The molecule has 0 aliphatic carbocycles. The molecule has 1 amide bonds. The van der Waals surface area contributed by atoms with Crippen LogP contribution in [0.3, 0.4) is 0 Å². The average molecular weight is 382 g/mol. The number of benzene rings is 1. The summed E-state index contributed by atoms with van der Waals surface area (Å²) in [7, 11) is 0. The topological polar surface area (TPSA) is 70.2 Å². The zero-order chi connectivity index (χ0) is 18.2. The second kappa shape index (κ2) is 6.98. The maximum Gasteiger partial charge on any atom is 0.270 e. The number of carbonyl (C=O) groups excluding carboxylic acids is 1. The van der Waals surface area contributed by atoms with Crippen LogP contribution in [0.25, 0.3) is 10.9 Å². The number of nitrogens with zero attached hydrogens (tertiary/aromatic N) is 2. The number of ether oxygens (including phenoxy) is 1. The normalized spacial score (nSPS) is 19.4. The molecule has 7 heteroatoms. The molecule has 5 rings (SSSR count). The smallest absolute Gasteiger partial charge is 0.270 e. The van der Waals surface area contributed by atoms with Gasteiger partial charge in [-0.15, -0.1) is 0 Å². The standard InChI is InChI=1S/C20H22N4O2S/c25-19(17-9-14-3-1-2-4-15(14)22-17)24-7-5-16-18(11-24)27-20(23-16)21-10-13-6-8-26-12-13/h1-4,9,13,22H,5-8,10-12H2,(H,21,23). The van der Waals surface area contributed by atoms with Gasteiger partial charge in [-0.25, -0.2) is 4.98 Å². The van der Waals surface area contributed by atoms with Crippen molar-refractivity contribution >= 4 is 33.3 Å². The molecule has 0 spiro atoms. The summed E-state index contributed by atoms with van der Waals surface area (Å²) in [5.41, 5.74) is 2.79. The molecule has 2 aliphatic heterocycles. The minimum atomic E-state index is 0.0582. The van der Waals surface area contributed by atoms with Crippen LogP contribution in [0.4, 0.5) is 5.13 Å². The fourth-order valence-electron chi connectivity index (χ4n) is 3.78. The van der Waals surface area contributed by atoms with Crippen molar-refractivity contribution in [2.75, 3.05) is 31.6 Å². The van der Waals surface area contributed by atoms with Gasteiger partial charge in [0.1, 0.15) is 5.69 Å². The van der Waals surface area contributed by atoms with Crippen LogP contribution in [0.2, 0.25) is 0 Å². The van der Waals surface area contributed by atoms with Gasteiger partial charge in [0.15, 0.2) is 5.13 Å². The monoisotopic (exact) mass is 382 g/mol. The van der Waals surface area contributed by atoms with Crippen LogP contribution in [0.1, 0.15) is 27.5 Å². The lowest BCUT2D eigenvalue weighted by Gasteiger charge is -2.25. The molecule has 4 heterocycles. The Hall–Kier alpha value is -2.38. The first-order chi connectivity index (χ1) is 13.3. The molecular weight excluding hydrogens is 360 g/mol. The van der Waals surface area contributed by atoms with Gasteiger partial charge >= 0.3 is 0 Å². The van der Waals surface area contributed by atoms with Gasteiger partial charge in [0.2, 0.25) is 0 Å². The maximum atomic E-state index is 12.9. The van der Waals surface area contributed by atoms with Crippen molar-refractivity contribution < 1.29 is 9.53 Å². The second-order valence-corrected chi connectivity index (χ2v) is 8.33. The number of aromatic nitrogens is 2. The number of nitrogens with one attached hydrogen (secondary N) is 2. The van der Waals surface area contributed by atoms with E-state index in [9.17, 15) is 4.79 Å². The zero-order valence-corrected chi connectivity index (χ0v) is 15.8. The number of rotatable bonds is 4. The van der Waals surface area contributed by atoms with E-state index in [1.54, 1.807) is 11.3 Å². The molecule has 1 saturated heterocycles. The van der Waals surface area contributed by atoms with E-state index in [2.05, 4.69) is 10.3 Å². The van der Waals surface area contributed by atoms with Gasteiger partial charge in [-0.1, -0.05) is 29.5 Å². The Bertz CT molecular complexity index is 940. The summed E-state index contributed by atoms with van der Waals surface area (Å²) in [5.74, 6) is 0.633. The number of fused-ring (bicyclic) bond motifs is 2. The van der Waals surface area contributed by atoms with E-state index >= 15 is 0 Å². The summed E-state index contributed by atoms with van der Waals surface area (Å²) in [6.07, 6.45) is 1.93. The number of thiazole rings is 1. The van der Waals surface area contributed by atoms with Crippen molar-refractivity contribution in [3.8, 4) is 0 Å². The van der Waals surface area contributed by atoms with Crippen molar-refractivity contribution in [2.24, 2.45) is 5.92 Å². The summed E-state index contributed by atoms with van der Waals surface area (Å²) in [4.78, 5) is 24.0. The number of para-hydroxylation sites is 1. The lowest BCUT2D eigenvalue weighted by molar-refractivity contribution is 0.0731. The second-order valence-electron chi connectivity index (χ2n) is 7.25. The summed E-state index contributed by atoms with van der Waals surface area (Å²) >= 11 is 1.67. The van der Waals surface area contributed by atoms with Crippen LogP contribution in [0.5, 0.6) is 0 Å². The van der Waals surface area contributed by atoms with E-state index in [1.165, 1.54) is 4.88 Å². The summed E-state index contributed by atoms with van der Waals surface area (Å²) in [6.45, 7) is 3.96. The number of anilines is 1. The lowest BCUT2D eigenvalue weighted by Crippen LogP contribution is -2.35. The minimum Gasteiger partial charge on any atom is -0.381 e. The van der Waals surface area contributed by atoms with Crippen LogP contribution in [-0.4, -0.2) is 47.1 Å². The number of hydrogen-bond acceptors (Lipinski definition) is 5. The minimum absolute atomic E-state index is 0.0582. The highest BCUT2D eigenvalue weighted by Crippen LogP contribution is 2.29. The lowest BCUT2D eigenvalue weighted by atomic mass is 10.1. The van der Waals surface area contributed by atoms with Gasteiger partial charge in [-0.2, -0.15) is 0 Å². The number of aromatic amines is 1. The first-order valence-corrected chi connectivity index (χ1v) is 10.2. The molecule has 1 aromatic carbocycles. The Morgan fingerprint density at radius 1 is 1.41 bits per heavy atom. The highest BCUT2D eigenvalue weighted by Gasteiger charge is 2.26. The van der Waals surface area contributed by atoms with Crippen LogP contribution in [0.15, 0.2) is 30.3 Å². The predicted octanol–water partition coefficient (Wildman–Crippen LogP) is 3.27. The van der Waals surface area contributed by atoms with Crippen molar-refractivity contribution in [3.63, 3.8) is 0 Å². The molecule has 1 fully saturated rings. The third kappa shape index (κ3) is 3.33. The van der Waals surface area contributed by atoms with Crippen molar-refractivity contribution in [1.29, 1.82) is 0 Å². The highest BCUT2D eigenvalue weighted by atomic mass is 32.1. The highest BCUT2D eigenvalue weighted by molar-refractivity contribution is 7.15. The fourth-order valence-corrected chi connectivity index (χ4v) is 4.81. The van der Waals surface area contributed by atoms with Gasteiger partial charge < -0.3 is 19.9 Å². The van der Waals surface area contributed by atoms with E-state index < -0.39 is 0 Å². The zero-order valence-electron chi connectivity index (χ0n) is 15.0. The van der Waals surface area contributed by atoms with E-state index in [4.69, 9.17) is 9.72 Å². The Labute approximate surface area is 161 Å². The molecule has 0 bridgehead atoms. The molecule has 2 aromatic heterocycles. The fraction of sp³-hybridized carbons (Fsp3) is 0.400. The summed E-state index contributed by atoms with van der Waals surface area (Å²) in [5, 5.41) is 5.49. The largest absolute Gasteiger partial charge is 0.381 e. The van der Waals surface area contributed by atoms with E-state index in [1.807, 2.05) is 35.2 Å². The Kier molecular flexibility index (Phi) is 4.33. The Morgan fingerprint density at radius 2 is 2.33 bits per heavy atom. The van der Waals surface area contributed by atoms with Gasteiger partial charge in [0.05, 0.1) is 18.8 Å².